The summed E-state index contributed by atoms with van der Waals surface area (Å²) in [5, 5.41) is 3.29. The maximum Gasteiger partial charge on any atom is 0.244 e. The van der Waals surface area contributed by atoms with E-state index in [0.29, 0.717) is 0 Å². The number of amides is 1. The van der Waals surface area contributed by atoms with Gasteiger partial charge in [-0.2, -0.15) is 0 Å². The lowest BCUT2D eigenvalue weighted by Crippen LogP contribution is -2.43. The van der Waals surface area contributed by atoms with Crippen LogP contribution in [0.2, 0.25) is 0 Å². The zero-order valence-corrected chi connectivity index (χ0v) is 15.0. The van der Waals surface area contributed by atoms with E-state index in [9.17, 15) is 4.79 Å². The molecule has 25 heavy (non-hydrogen) atoms. The number of aryl methyl sites for hydroxylation is 1. The summed E-state index contributed by atoms with van der Waals surface area (Å²) in [6, 6.07) is 15.5. The van der Waals surface area contributed by atoms with E-state index in [1.54, 1.807) is 0 Å². The van der Waals surface area contributed by atoms with E-state index in [4.69, 9.17) is 4.74 Å². The van der Waals surface area contributed by atoms with Gasteiger partial charge in [0, 0.05) is 18.8 Å². The van der Waals surface area contributed by atoms with Crippen LogP contribution in [-0.2, 0) is 4.79 Å². The number of anilines is 1. The van der Waals surface area contributed by atoms with Crippen molar-refractivity contribution in [1.29, 1.82) is 0 Å². The molecule has 0 aromatic heterocycles. The summed E-state index contributed by atoms with van der Waals surface area (Å²) < 4.78 is 5.86. The monoisotopic (exact) mass is 338 g/mol. The smallest absolute Gasteiger partial charge is 0.244 e. The minimum absolute atomic E-state index is 0.180. The number of nitrogens with one attached hydrogen (secondary N) is 1. The summed E-state index contributed by atoms with van der Waals surface area (Å²) >= 11 is 0. The van der Waals surface area contributed by atoms with Crippen molar-refractivity contribution < 1.29 is 9.53 Å². The van der Waals surface area contributed by atoms with Crippen molar-refractivity contribution in [3.63, 3.8) is 0 Å². The van der Waals surface area contributed by atoms with Gasteiger partial charge in [0.1, 0.15) is 17.5 Å². The van der Waals surface area contributed by atoms with Crippen molar-refractivity contribution in [1.82, 2.24) is 4.90 Å². The summed E-state index contributed by atoms with van der Waals surface area (Å²) in [5.41, 5.74) is 2.09. The van der Waals surface area contributed by atoms with Crippen LogP contribution < -0.4 is 10.1 Å². The van der Waals surface area contributed by atoms with Crippen molar-refractivity contribution in [3.05, 3.63) is 54.1 Å². The number of hydrogen-bond acceptors (Lipinski definition) is 3. The van der Waals surface area contributed by atoms with Crippen molar-refractivity contribution >= 4 is 11.6 Å². The van der Waals surface area contributed by atoms with E-state index in [1.165, 1.54) is 12.0 Å². The topological polar surface area (TPSA) is 41.6 Å². The van der Waals surface area contributed by atoms with Gasteiger partial charge in [0.05, 0.1) is 0 Å². The van der Waals surface area contributed by atoms with Crippen molar-refractivity contribution in [2.75, 3.05) is 18.4 Å². The zero-order valence-electron chi connectivity index (χ0n) is 15.0. The maximum absolute atomic E-state index is 12.5. The van der Waals surface area contributed by atoms with Gasteiger partial charge in [0.25, 0.3) is 0 Å². The Labute approximate surface area is 149 Å². The van der Waals surface area contributed by atoms with Crippen molar-refractivity contribution in [2.45, 2.75) is 39.2 Å². The molecular formula is C21H26N2O2. The van der Waals surface area contributed by atoms with Crippen LogP contribution in [0, 0.1) is 6.92 Å². The molecule has 3 rings (SSSR count). The van der Waals surface area contributed by atoms with Gasteiger partial charge in [-0.1, -0.05) is 12.1 Å². The van der Waals surface area contributed by atoms with Gasteiger partial charge in [0.15, 0.2) is 0 Å². The first-order valence-corrected chi connectivity index (χ1v) is 9.02. The van der Waals surface area contributed by atoms with Crippen LogP contribution in [0.3, 0.4) is 0 Å². The molecule has 1 aliphatic heterocycles. The Balaban J connectivity index is 1.57. The first-order valence-electron chi connectivity index (χ1n) is 9.02. The fraction of sp³-hybridized carbons (Fsp3) is 0.381. The quantitative estimate of drug-likeness (QED) is 0.866. The molecule has 1 saturated heterocycles. The average Bonchev–Trinajstić information content (AvgIpc) is 2.63. The fourth-order valence-electron chi connectivity index (χ4n) is 3.13. The molecule has 2 aromatic carbocycles. The summed E-state index contributed by atoms with van der Waals surface area (Å²) in [7, 11) is 0. The summed E-state index contributed by atoms with van der Waals surface area (Å²) in [5.74, 6) is 1.79. The zero-order chi connectivity index (χ0) is 17.6. The molecule has 132 valence electrons. The number of nitrogens with zero attached hydrogens (tertiary/aromatic N) is 1. The summed E-state index contributed by atoms with van der Waals surface area (Å²) in [6.07, 6.45) is 3.46. The largest absolute Gasteiger partial charge is 0.457 e. The Kier molecular flexibility index (Phi) is 5.59. The second-order valence-electron chi connectivity index (χ2n) is 6.69. The molecule has 0 unspecified atom stereocenters. The third-order valence-electron chi connectivity index (χ3n) is 4.50. The predicted molar refractivity (Wildman–Crippen MR) is 101 cm³/mol. The third-order valence-corrected chi connectivity index (χ3v) is 4.50. The van der Waals surface area contributed by atoms with E-state index < -0.39 is 0 Å². The Morgan fingerprint density at radius 1 is 1.04 bits per heavy atom. The van der Waals surface area contributed by atoms with E-state index in [0.717, 1.165) is 43.1 Å². The number of hydrogen-bond donors (Lipinski definition) is 1. The third kappa shape index (κ3) is 4.75. The highest BCUT2D eigenvalue weighted by atomic mass is 16.5. The first kappa shape index (κ1) is 17.3. The molecule has 4 nitrogen and oxygen atoms in total. The predicted octanol–water partition coefficient (Wildman–Crippen LogP) is 4.60. The van der Waals surface area contributed by atoms with Crippen LogP contribution >= 0.6 is 0 Å². The van der Waals surface area contributed by atoms with E-state index in [1.807, 2.05) is 67.3 Å². The molecule has 4 heteroatoms. The lowest BCUT2D eigenvalue weighted by Gasteiger charge is -2.29. The normalized spacial score (nSPS) is 15.5. The number of rotatable bonds is 5. The van der Waals surface area contributed by atoms with Crippen LogP contribution in [0.25, 0.3) is 0 Å². The van der Waals surface area contributed by atoms with Crippen LogP contribution in [0.15, 0.2) is 48.5 Å². The standard InChI is InChI=1S/C21H26N2O2/c1-16-7-6-8-20(15-16)25-19-11-9-18(10-12-19)22-17(2)21(24)23-13-4-3-5-14-23/h6-12,15,17,22H,3-5,13-14H2,1-2H3/t17-/m0/s1. The molecular weight excluding hydrogens is 312 g/mol. The number of ether oxygens (including phenoxy) is 1. The number of benzene rings is 2. The van der Waals surface area contributed by atoms with E-state index >= 15 is 0 Å². The lowest BCUT2D eigenvalue weighted by atomic mass is 10.1. The SMILES string of the molecule is Cc1cccc(Oc2ccc(N[C@@H](C)C(=O)N3CCCCC3)cc2)c1. The van der Waals surface area contributed by atoms with Gasteiger partial charge in [-0.3, -0.25) is 4.79 Å². The fourth-order valence-corrected chi connectivity index (χ4v) is 3.13. The highest BCUT2D eigenvalue weighted by Crippen LogP contribution is 2.24. The molecule has 1 atom stereocenters. The molecule has 0 radical (unpaired) electrons. The molecule has 0 aliphatic carbocycles. The lowest BCUT2D eigenvalue weighted by molar-refractivity contribution is -0.132. The Morgan fingerprint density at radius 2 is 1.76 bits per heavy atom. The molecule has 2 aromatic rings. The molecule has 1 aliphatic rings. The minimum Gasteiger partial charge on any atom is -0.457 e. The van der Waals surface area contributed by atoms with Crippen molar-refractivity contribution in [3.8, 4) is 11.5 Å². The number of carbonyl (C=O) groups excluding carboxylic acids is 1. The van der Waals surface area contributed by atoms with E-state index in [-0.39, 0.29) is 11.9 Å². The van der Waals surface area contributed by atoms with Gasteiger partial charge in [0.2, 0.25) is 5.91 Å². The highest BCUT2D eigenvalue weighted by Gasteiger charge is 2.21. The van der Waals surface area contributed by atoms with Gasteiger partial charge < -0.3 is 15.0 Å². The van der Waals surface area contributed by atoms with Gasteiger partial charge >= 0.3 is 0 Å². The van der Waals surface area contributed by atoms with Crippen LogP contribution in [0.5, 0.6) is 11.5 Å². The molecule has 0 spiro atoms. The van der Waals surface area contributed by atoms with Gasteiger partial charge in [-0.25, -0.2) is 0 Å². The van der Waals surface area contributed by atoms with E-state index in [2.05, 4.69) is 5.32 Å². The second kappa shape index (κ2) is 8.06. The maximum atomic E-state index is 12.5. The summed E-state index contributed by atoms with van der Waals surface area (Å²) in [4.78, 5) is 14.4. The molecule has 0 bridgehead atoms. The van der Waals surface area contributed by atoms with Crippen molar-refractivity contribution in [2.24, 2.45) is 0 Å². The molecule has 1 N–H and O–H groups in total. The number of carbonyl (C=O) groups is 1. The average molecular weight is 338 g/mol. The van der Waals surface area contributed by atoms with Gasteiger partial charge in [-0.15, -0.1) is 0 Å². The van der Waals surface area contributed by atoms with Crippen LogP contribution in [0.4, 0.5) is 5.69 Å². The Bertz CT molecular complexity index is 706. The number of piperidine rings is 1. The summed E-state index contributed by atoms with van der Waals surface area (Å²) in [6.45, 7) is 5.73. The molecule has 1 heterocycles. The Morgan fingerprint density at radius 3 is 2.44 bits per heavy atom. The first-order chi connectivity index (χ1) is 12.1. The molecule has 1 fully saturated rings. The Hall–Kier alpha value is -2.49. The number of likely N-dealkylation sites (tertiary alicyclic amines) is 1. The highest BCUT2D eigenvalue weighted by molar-refractivity contribution is 5.84. The van der Waals surface area contributed by atoms with Crippen LogP contribution in [0.1, 0.15) is 31.7 Å². The van der Waals surface area contributed by atoms with Gasteiger partial charge in [-0.05, 0) is 75.1 Å². The second-order valence-corrected chi connectivity index (χ2v) is 6.69. The van der Waals surface area contributed by atoms with Crippen LogP contribution in [-0.4, -0.2) is 29.9 Å². The minimum atomic E-state index is -0.221. The molecule has 1 amide bonds. The molecule has 0 saturated carbocycles.